The molecule has 0 aromatic heterocycles. The van der Waals surface area contributed by atoms with Gasteiger partial charge in [0.1, 0.15) is 0 Å². The second-order valence-electron chi connectivity index (χ2n) is 7.73. The van der Waals surface area contributed by atoms with Crippen molar-refractivity contribution >= 4 is 0 Å². The van der Waals surface area contributed by atoms with Crippen molar-refractivity contribution in [2.24, 2.45) is 17.6 Å². The molecule has 0 aromatic rings. The summed E-state index contributed by atoms with van der Waals surface area (Å²) in [6.45, 7) is 10.9. The average Bonchev–Trinajstić information content (AvgIpc) is 3.11. The molecule has 0 bridgehead atoms. The zero-order valence-corrected chi connectivity index (χ0v) is 13.5. The van der Waals surface area contributed by atoms with Crippen LogP contribution >= 0.6 is 0 Å². The lowest BCUT2D eigenvalue weighted by Crippen LogP contribution is -2.60. The maximum Gasteiger partial charge on any atom is 0.0360 e. The lowest BCUT2D eigenvalue weighted by atomic mass is 9.68. The fraction of sp³-hybridized carbons (Fsp3) is 1.00. The third kappa shape index (κ3) is 2.53. The molecule has 4 unspecified atom stereocenters. The zero-order chi connectivity index (χ0) is 14.2. The first-order valence-electron chi connectivity index (χ1n) is 8.85. The summed E-state index contributed by atoms with van der Waals surface area (Å²) in [7, 11) is 0. The molecule has 2 saturated heterocycles. The van der Waals surface area contributed by atoms with E-state index in [0.717, 1.165) is 24.4 Å². The predicted molar refractivity (Wildman–Crippen MR) is 84.7 cm³/mol. The number of nitrogens with zero attached hydrogens (tertiary/aromatic N) is 2. The standard InChI is InChI=1S/C17H33N3/c1-14-5-6-15(2)17(11-14,13-18)20-10-7-16(12-20)19-8-3-4-9-19/h14-16H,3-13,18H2,1-2H3. The van der Waals surface area contributed by atoms with E-state index >= 15 is 0 Å². The molecule has 2 N–H and O–H groups in total. The number of nitrogens with two attached hydrogens (primary N) is 1. The highest BCUT2D eigenvalue weighted by molar-refractivity contribution is 5.03. The van der Waals surface area contributed by atoms with Gasteiger partial charge in [0.15, 0.2) is 0 Å². The van der Waals surface area contributed by atoms with E-state index in [-0.39, 0.29) is 0 Å². The normalized spacial score (nSPS) is 44.2. The van der Waals surface area contributed by atoms with Crippen LogP contribution in [0.25, 0.3) is 0 Å². The van der Waals surface area contributed by atoms with Crippen molar-refractivity contribution in [1.82, 2.24) is 9.80 Å². The Labute approximate surface area is 124 Å². The lowest BCUT2D eigenvalue weighted by molar-refractivity contribution is 0.00818. The van der Waals surface area contributed by atoms with Gasteiger partial charge < -0.3 is 5.73 Å². The maximum atomic E-state index is 6.31. The highest BCUT2D eigenvalue weighted by Crippen LogP contribution is 2.42. The molecule has 3 nitrogen and oxygen atoms in total. The van der Waals surface area contributed by atoms with Crippen LogP contribution in [0.4, 0.5) is 0 Å². The molecule has 3 aliphatic rings. The third-order valence-electron chi connectivity index (χ3n) is 6.52. The van der Waals surface area contributed by atoms with Gasteiger partial charge in [0.05, 0.1) is 0 Å². The highest BCUT2D eigenvalue weighted by Gasteiger charge is 2.47. The van der Waals surface area contributed by atoms with Crippen molar-refractivity contribution in [3.63, 3.8) is 0 Å². The van der Waals surface area contributed by atoms with Crippen LogP contribution in [0.5, 0.6) is 0 Å². The summed E-state index contributed by atoms with van der Waals surface area (Å²) in [5.74, 6) is 1.61. The van der Waals surface area contributed by atoms with Crippen LogP contribution in [0.2, 0.25) is 0 Å². The Hall–Kier alpha value is -0.120. The van der Waals surface area contributed by atoms with Crippen molar-refractivity contribution in [2.75, 3.05) is 32.7 Å². The topological polar surface area (TPSA) is 32.5 Å². The minimum absolute atomic E-state index is 0.298. The summed E-state index contributed by atoms with van der Waals surface area (Å²) in [4.78, 5) is 5.53. The molecule has 2 heterocycles. The van der Waals surface area contributed by atoms with Crippen LogP contribution in [0.1, 0.15) is 52.4 Å². The van der Waals surface area contributed by atoms with E-state index in [4.69, 9.17) is 5.73 Å². The fourth-order valence-corrected chi connectivity index (χ4v) is 5.12. The SMILES string of the molecule is CC1CCC(C)C(CN)(N2CCC(N3CCCC3)C2)C1. The van der Waals surface area contributed by atoms with Gasteiger partial charge in [0.2, 0.25) is 0 Å². The van der Waals surface area contributed by atoms with Crippen molar-refractivity contribution in [1.29, 1.82) is 0 Å². The Bertz CT molecular complexity index is 326. The highest BCUT2D eigenvalue weighted by atomic mass is 15.3. The first-order valence-corrected chi connectivity index (χ1v) is 8.85. The van der Waals surface area contributed by atoms with E-state index in [2.05, 4.69) is 23.6 Å². The molecule has 0 amide bonds. The maximum absolute atomic E-state index is 6.31. The largest absolute Gasteiger partial charge is 0.329 e. The summed E-state index contributed by atoms with van der Waals surface area (Å²) in [6.07, 6.45) is 8.26. The van der Waals surface area contributed by atoms with Crippen molar-refractivity contribution < 1.29 is 0 Å². The second-order valence-corrected chi connectivity index (χ2v) is 7.73. The van der Waals surface area contributed by atoms with Crippen LogP contribution in [-0.4, -0.2) is 54.1 Å². The smallest absolute Gasteiger partial charge is 0.0360 e. The summed E-state index contributed by atoms with van der Waals surface area (Å²) in [5.41, 5.74) is 6.61. The lowest BCUT2D eigenvalue weighted by Gasteiger charge is -2.50. The molecule has 0 radical (unpaired) electrons. The van der Waals surface area contributed by atoms with Crippen LogP contribution in [-0.2, 0) is 0 Å². The predicted octanol–water partition coefficient (Wildman–Crippen LogP) is 2.31. The van der Waals surface area contributed by atoms with E-state index in [1.165, 1.54) is 64.7 Å². The van der Waals surface area contributed by atoms with Crippen molar-refractivity contribution in [2.45, 2.75) is 64.0 Å². The van der Waals surface area contributed by atoms with Gasteiger partial charge in [0, 0.05) is 31.2 Å². The van der Waals surface area contributed by atoms with Gasteiger partial charge in [-0.3, -0.25) is 9.80 Å². The van der Waals surface area contributed by atoms with Crippen molar-refractivity contribution in [3.05, 3.63) is 0 Å². The van der Waals surface area contributed by atoms with Gasteiger partial charge >= 0.3 is 0 Å². The quantitative estimate of drug-likeness (QED) is 0.860. The molecule has 1 saturated carbocycles. The molecule has 20 heavy (non-hydrogen) atoms. The molecule has 0 spiro atoms. The van der Waals surface area contributed by atoms with Crippen LogP contribution in [0.15, 0.2) is 0 Å². The van der Waals surface area contributed by atoms with Crippen LogP contribution in [0.3, 0.4) is 0 Å². The van der Waals surface area contributed by atoms with E-state index in [1.54, 1.807) is 0 Å². The van der Waals surface area contributed by atoms with E-state index < -0.39 is 0 Å². The Morgan fingerprint density at radius 1 is 1.05 bits per heavy atom. The van der Waals surface area contributed by atoms with Gasteiger partial charge in [-0.15, -0.1) is 0 Å². The minimum Gasteiger partial charge on any atom is -0.329 e. The molecule has 3 rings (SSSR count). The summed E-state index contributed by atoms with van der Waals surface area (Å²) in [6, 6.07) is 0.811. The summed E-state index contributed by atoms with van der Waals surface area (Å²) < 4.78 is 0. The van der Waals surface area contributed by atoms with Crippen molar-refractivity contribution in [3.8, 4) is 0 Å². The molecular weight excluding hydrogens is 246 g/mol. The Morgan fingerprint density at radius 3 is 2.50 bits per heavy atom. The van der Waals surface area contributed by atoms with Gasteiger partial charge in [-0.05, 0) is 57.0 Å². The molecule has 4 atom stereocenters. The Kier molecular flexibility index (Phi) is 4.40. The van der Waals surface area contributed by atoms with Crippen LogP contribution < -0.4 is 5.73 Å². The fourth-order valence-electron chi connectivity index (χ4n) is 5.12. The number of hydrogen-bond acceptors (Lipinski definition) is 3. The van der Waals surface area contributed by atoms with E-state index in [1.807, 2.05) is 0 Å². The molecule has 116 valence electrons. The second kappa shape index (κ2) is 5.94. The Balaban J connectivity index is 1.70. The molecule has 0 aromatic carbocycles. The molecule has 3 fully saturated rings. The molecule has 1 aliphatic carbocycles. The monoisotopic (exact) mass is 279 g/mol. The first kappa shape index (κ1) is 14.8. The third-order valence-corrected chi connectivity index (χ3v) is 6.52. The van der Waals surface area contributed by atoms with Gasteiger partial charge in [-0.1, -0.05) is 20.3 Å². The molecule has 3 heteroatoms. The molecular formula is C17H33N3. The summed E-state index contributed by atoms with van der Waals surface area (Å²) in [5, 5.41) is 0. The molecule has 2 aliphatic heterocycles. The number of hydrogen-bond donors (Lipinski definition) is 1. The summed E-state index contributed by atoms with van der Waals surface area (Å²) >= 11 is 0. The van der Waals surface area contributed by atoms with Gasteiger partial charge in [-0.25, -0.2) is 0 Å². The van der Waals surface area contributed by atoms with Gasteiger partial charge in [0.25, 0.3) is 0 Å². The zero-order valence-electron chi connectivity index (χ0n) is 13.5. The Morgan fingerprint density at radius 2 is 1.80 bits per heavy atom. The number of likely N-dealkylation sites (tertiary alicyclic amines) is 2. The van der Waals surface area contributed by atoms with Gasteiger partial charge in [-0.2, -0.15) is 0 Å². The minimum atomic E-state index is 0.298. The van der Waals surface area contributed by atoms with Crippen LogP contribution in [0, 0.1) is 11.8 Å². The first-order chi connectivity index (χ1) is 9.65. The van der Waals surface area contributed by atoms with E-state index in [9.17, 15) is 0 Å². The average molecular weight is 279 g/mol. The number of rotatable bonds is 3. The van der Waals surface area contributed by atoms with E-state index in [0.29, 0.717) is 5.54 Å².